The molecule has 0 aliphatic heterocycles. The van der Waals surface area contributed by atoms with Gasteiger partial charge >= 0.3 is 17.9 Å². The lowest BCUT2D eigenvalue weighted by molar-refractivity contribution is -0.131. The van der Waals surface area contributed by atoms with E-state index < -0.39 is 17.9 Å². The summed E-state index contributed by atoms with van der Waals surface area (Å²) in [6, 6.07) is 10.7. The Morgan fingerprint density at radius 2 is 1.54 bits per heavy atom. The summed E-state index contributed by atoms with van der Waals surface area (Å²) in [4.78, 5) is 32.5. The van der Waals surface area contributed by atoms with Gasteiger partial charge in [0.15, 0.2) is 0 Å². The molecule has 0 aliphatic carbocycles. The number of carbonyl (C=O) groups excluding carboxylic acids is 2. The Morgan fingerprint density at radius 3 is 2.04 bits per heavy atom. The molecule has 2 aromatic rings. The molecule has 0 aliphatic rings. The molecule has 0 bridgehead atoms. The van der Waals surface area contributed by atoms with Crippen molar-refractivity contribution in [1.29, 1.82) is 0 Å². The van der Waals surface area contributed by atoms with E-state index in [9.17, 15) is 14.4 Å². The lowest BCUT2D eigenvalue weighted by Crippen LogP contribution is -2.08. The molecule has 0 amide bonds. The van der Waals surface area contributed by atoms with E-state index in [0.29, 0.717) is 0 Å². The quantitative estimate of drug-likeness (QED) is 0.629. The Hall–Kier alpha value is -3.55. The minimum Gasteiger partial charge on any atom is -0.507 e. The number of aromatic carboxylic acids is 1. The van der Waals surface area contributed by atoms with Crippen LogP contribution in [0.5, 0.6) is 17.2 Å². The van der Waals surface area contributed by atoms with Crippen LogP contribution >= 0.6 is 0 Å². The van der Waals surface area contributed by atoms with E-state index in [-0.39, 0.29) is 28.4 Å². The minimum absolute atomic E-state index is 0.155. The molecule has 2 N–H and O–H groups in total. The minimum atomic E-state index is -1.20. The van der Waals surface area contributed by atoms with Crippen LogP contribution in [0.25, 0.3) is 0 Å². The highest BCUT2D eigenvalue weighted by Crippen LogP contribution is 2.26. The Bertz CT molecular complexity index is 798. The summed E-state index contributed by atoms with van der Waals surface area (Å²) in [5, 5.41) is 17.8. The van der Waals surface area contributed by atoms with Crippen LogP contribution in [-0.4, -0.2) is 42.3 Å². The number of aromatic hydroxyl groups is 1. The topological polar surface area (TPSA) is 119 Å². The van der Waals surface area contributed by atoms with Gasteiger partial charge in [0.25, 0.3) is 0 Å². The second kappa shape index (κ2) is 9.67. The van der Waals surface area contributed by atoms with Gasteiger partial charge in [-0.2, -0.15) is 0 Å². The summed E-state index contributed by atoms with van der Waals surface area (Å²) in [7, 11) is 2.62. The number of hydrogen-bond acceptors (Lipinski definition) is 7. The third-order valence-electron chi connectivity index (χ3n) is 2.98. The van der Waals surface area contributed by atoms with Gasteiger partial charge in [-0.3, -0.25) is 4.79 Å². The Balaban J connectivity index is 0.000000263. The lowest BCUT2D eigenvalue weighted by Gasteiger charge is -2.05. The smallest absolute Gasteiger partial charge is 0.343 e. The number of ether oxygens (including phenoxy) is 3. The van der Waals surface area contributed by atoms with Crippen LogP contribution in [0.4, 0.5) is 0 Å². The first-order valence-electron chi connectivity index (χ1n) is 7.26. The fourth-order valence-corrected chi connectivity index (χ4v) is 1.89. The molecule has 8 nitrogen and oxygen atoms in total. The number of para-hydroxylation sites is 1. The molecular weight excluding hydrogens is 344 g/mol. The van der Waals surface area contributed by atoms with Crippen molar-refractivity contribution in [2.24, 2.45) is 0 Å². The van der Waals surface area contributed by atoms with E-state index in [1.165, 1.54) is 51.5 Å². The molecule has 0 heterocycles. The van der Waals surface area contributed by atoms with E-state index in [1.54, 1.807) is 12.1 Å². The van der Waals surface area contributed by atoms with Crippen LogP contribution in [0.2, 0.25) is 0 Å². The second-order valence-corrected chi connectivity index (χ2v) is 4.74. The molecule has 0 unspecified atom stereocenters. The van der Waals surface area contributed by atoms with Crippen LogP contribution in [0, 0.1) is 0 Å². The molecular formula is C18H18O8. The van der Waals surface area contributed by atoms with Gasteiger partial charge in [0.1, 0.15) is 28.4 Å². The summed E-state index contributed by atoms with van der Waals surface area (Å²) in [6.07, 6.45) is 0. The summed E-state index contributed by atoms with van der Waals surface area (Å²) in [6.45, 7) is 1.27. The first kappa shape index (κ1) is 20.5. The molecule has 0 fully saturated rings. The number of carboxylic acids is 1. The van der Waals surface area contributed by atoms with Gasteiger partial charge in [0, 0.05) is 6.92 Å². The van der Waals surface area contributed by atoms with Crippen molar-refractivity contribution in [3.05, 3.63) is 53.6 Å². The number of methoxy groups -OCH3 is 2. The largest absolute Gasteiger partial charge is 0.507 e. The molecule has 0 saturated heterocycles. The predicted molar refractivity (Wildman–Crippen MR) is 90.7 cm³/mol. The van der Waals surface area contributed by atoms with Gasteiger partial charge in [-0.25, -0.2) is 9.59 Å². The highest BCUT2D eigenvalue weighted by Gasteiger charge is 2.15. The molecule has 0 aromatic heterocycles. The van der Waals surface area contributed by atoms with Crippen molar-refractivity contribution in [3.8, 4) is 17.2 Å². The van der Waals surface area contributed by atoms with Crippen molar-refractivity contribution in [2.75, 3.05) is 14.2 Å². The van der Waals surface area contributed by atoms with Crippen LogP contribution in [-0.2, 0) is 9.53 Å². The molecule has 2 aromatic carbocycles. The van der Waals surface area contributed by atoms with Crippen LogP contribution < -0.4 is 9.47 Å². The third kappa shape index (κ3) is 5.52. The van der Waals surface area contributed by atoms with Gasteiger partial charge in [-0.15, -0.1) is 0 Å². The maximum absolute atomic E-state index is 11.2. The molecule has 0 radical (unpaired) electrons. The van der Waals surface area contributed by atoms with Gasteiger partial charge in [-0.05, 0) is 24.3 Å². The standard InChI is InChI=1S/C10H10O4.C8H8O4/c1-7(11)14-9-6-4-3-5-8(9)10(12)13-2;1-12-6-4-2-3-5(9)7(6)8(10)11/h3-6H,1-2H3;2-4,9H,1H3,(H,10,11). The Morgan fingerprint density at radius 1 is 0.923 bits per heavy atom. The maximum Gasteiger partial charge on any atom is 0.343 e. The highest BCUT2D eigenvalue weighted by atomic mass is 16.5. The Labute approximate surface area is 149 Å². The monoisotopic (exact) mass is 362 g/mol. The highest BCUT2D eigenvalue weighted by molar-refractivity contribution is 5.94. The lowest BCUT2D eigenvalue weighted by atomic mass is 10.2. The van der Waals surface area contributed by atoms with E-state index in [0.717, 1.165) is 0 Å². The molecule has 0 saturated carbocycles. The number of carbonyl (C=O) groups is 3. The van der Waals surface area contributed by atoms with E-state index in [1.807, 2.05) is 0 Å². The number of rotatable bonds is 4. The predicted octanol–water partition coefficient (Wildman–Crippen LogP) is 2.50. The normalized spacial score (nSPS) is 9.35. The average molecular weight is 362 g/mol. The van der Waals surface area contributed by atoms with Crippen LogP contribution in [0.1, 0.15) is 27.6 Å². The Kier molecular flexibility index (Phi) is 7.63. The van der Waals surface area contributed by atoms with E-state index >= 15 is 0 Å². The summed E-state index contributed by atoms with van der Waals surface area (Å²) < 4.78 is 14.1. The zero-order chi connectivity index (χ0) is 19.7. The number of carboxylic acid groups (broad SMARTS) is 1. The molecule has 8 heteroatoms. The molecule has 0 spiro atoms. The second-order valence-electron chi connectivity index (χ2n) is 4.74. The zero-order valence-corrected chi connectivity index (χ0v) is 14.4. The van der Waals surface area contributed by atoms with Gasteiger partial charge in [-0.1, -0.05) is 18.2 Å². The average Bonchev–Trinajstić information content (AvgIpc) is 2.61. The fraction of sp³-hybridized carbons (Fsp3) is 0.167. The first-order chi connectivity index (χ1) is 12.3. The van der Waals surface area contributed by atoms with Gasteiger partial charge in [0.05, 0.1) is 14.2 Å². The molecule has 2 rings (SSSR count). The van der Waals surface area contributed by atoms with Crippen molar-refractivity contribution in [3.63, 3.8) is 0 Å². The van der Waals surface area contributed by atoms with Crippen LogP contribution in [0.3, 0.4) is 0 Å². The number of esters is 2. The zero-order valence-electron chi connectivity index (χ0n) is 14.4. The molecule has 0 atom stereocenters. The summed E-state index contributed by atoms with van der Waals surface area (Å²) >= 11 is 0. The SMILES string of the molecule is COC(=O)c1ccccc1OC(C)=O.COc1cccc(O)c1C(=O)O. The van der Waals surface area contributed by atoms with Crippen molar-refractivity contribution < 1.29 is 38.8 Å². The van der Waals surface area contributed by atoms with Crippen molar-refractivity contribution in [1.82, 2.24) is 0 Å². The van der Waals surface area contributed by atoms with Gasteiger partial charge < -0.3 is 24.4 Å². The molecule has 138 valence electrons. The number of benzene rings is 2. The summed E-state index contributed by atoms with van der Waals surface area (Å²) in [5.74, 6) is -2.12. The number of hydrogen-bond donors (Lipinski definition) is 2. The summed E-state index contributed by atoms with van der Waals surface area (Å²) in [5.41, 5.74) is 0.0326. The third-order valence-corrected chi connectivity index (χ3v) is 2.98. The van der Waals surface area contributed by atoms with E-state index in [2.05, 4.69) is 4.74 Å². The van der Waals surface area contributed by atoms with E-state index in [4.69, 9.17) is 19.7 Å². The molecule has 26 heavy (non-hydrogen) atoms. The van der Waals surface area contributed by atoms with Crippen LogP contribution in [0.15, 0.2) is 42.5 Å². The number of phenols is 1. The van der Waals surface area contributed by atoms with Crippen molar-refractivity contribution in [2.45, 2.75) is 6.92 Å². The van der Waals surface area contributed by atoms with Crippen molar-refractivity contribution >= 4 is 17.9 Å². The first-order valence-corrected chi connectivity index (χ1v) is 7.26. The van der Waals surface area contributed by atoms with Gasteiger partial charge in [0.2, 0.25) is 0 Å². The fourth-order valence-electron chi connectivity index (χ4n) is 1.89. The maximum atomic E-state index is 11.2.